The van der Waals surface area contributed by atoms with E-state index in [9.17, 15) is 10.5 Å². The summed E-state index contributed by atoms with van der Waals surface area (Å²) >= 11 is 0. The minimum absolute atomic E-state index is 0.280. The molecule has 0 N–H and O–H groups in total. The van der Waals surface area contributed by atoms with Crippen LogP contribution in [-0.2, 0) is 0 Å². The second-order valence-corrected chi connectivity index (χ2v) is 12.7. The van der Waals surface area contributed by atoms with Gasteiger partial charge in [0.1, 0.15) is 0 Å². The first-order chi connectivity index (χ1) is 23.7. The van der Waals surface area contributed by atoms with Gasteiger partial charge in [-0.25, -0.2) is 0 Å². The lowest BCUT2D eigenvalue weighted by molar-refractivity contribution is 0.573. The third-order valence-electron chi connectivity index (χ3n) is 10.1. The monoisotopic (exact) mass is 614 g/mol. The highest BCUT2D eigenvalue weighted by atomic mass is 15.2. The molecule has 1 unspecified atom stereocenters. The van der Waals surface area contributed by atoms with Crippen LogP contribution in [-0.4, -0.2) is 10.6 Å². The van der Waals surface area contributed by atoms with Gasteiger partial charge in [-0.3, -0.25) is 0 Å². The van der Waals surface area contributed by atoms with Crippen LogP contribution in [0.4, 0.5) is 11.4 Å². The number of hydrogen-bond acceptors (Lipinski definition) is 3. The van der Waals surface area contributed by atoms with Gasteiger partial charge in [0.2, 0.25) is 0 Å². The Kier molecular flexibility index (Phi) is 6.49. The van der Waals surface area contributed by atoms with E-state index in [2.05, 4.69) is 131 Å². The Balaban J connectivity index is 1.19. The number of anilines is 2. The fourth-order valence-electron chi connectivity index (χ4n) is 8.00. The molecular formula is C44H30N4. The van der Waals surface area contributed by atoms with E-state index in [1.54, 1.807) is 0 Å². The van der Waals surface area contributed by atoms with Crippen molar-refractivity contribution in [2.45, 2.75) is 24.8 Å². The molecule has 0 saturated heterocycles. The van der Waals surface area contributed by atoms with Crippen LogP contribution in [0.1, 0.15) is 35.4 Å². The van der Waals surface area contributed by atoms with Gasteiger partial charge in [0.15, 0.2) is 0 Å². The van der Waals surface area contributed by atoms with Gasteiger partial charge in [-0.15, -0.1) is 0 Å². The number of benzene rings is 6. The second-order valence-electron chi connectivity index (χ2n) is 12.7. The summed E-state index contributed by atoms with van der Waals surface area (Å²) in [5.41, 5.74) is 12.4. The van der Waals surface area contributed by atoms with E-state index in [0.29, 0.717) is 17.0 Å². The predicted molar refractivity (Wildman–Crippen MR) is 195 cm³/mol. The Bertz CT molecular complexity index is 2520. The molecule has 0 saturated carbocycles. The highest BCUT2D eigenvalue weighted by Gasteiger charge is 2.39. The van der Waals surface area contributed by atoms with E-state index in [4.69, 9.17) is 0 Å². The predicted octanol–water partition coefficient (Wildman–Crippen LogP) is 10.8. The van der Waals surface area contributed by atoms with E-state index in [1.165, 1.54) is 16.9 Å². The Hall–Kier alpha value is -6.36. The van der Waals surface area contributed by atoms with Crippen molar-refractivity contribution in [2.75, 3.05) is 4.90 Å². The van der Waals surface area contributed by atoms with Gasteiger partial charge < -0.3 is 9.47 Å². The van der Waals surface area contributed by atoms with E-state index in [0.717, 1.165) is 62.6 Å². The van der Waals surface area contributed by atoms with E-state index < -0.39 is 0 Å². The summed E-state index contributed by atoms with van der Waals surface area (Å²) in [6.07, 6.45) is 6.98. The summed E-state index contributed by atoms with van der Waals surface area (Å²) in [7, 11) is 0. The van der Waals surface area contributed by atoms with Crippen LogP contribution in [0.15, 0.2) is 146 Å². The van der Waals surface area contributed by atoms with Gasteiger partial charge in [0.05, 0.1) is 40.3 Å². The molecular weight excluding hydrogens is 585 g/mol. The van der Waals surface area contributed by atoms with Crippen LogP contribution in [0, 0.1) is 22.7 Å². The van der Waals surface area contributed by atoms with Crippen LogP contribution in [0.5, 0.6) is 0 Å². The van der Waals surface area contributed by atoms with Crippen LogP contribution < -0.4 is 4.90 Å². The number of aromatic nitrogens is 1. The molecule has 2 heterocycles. The normalized spacial score (nSPS) is 16.4. The van der Waals surface area contributed by atoms with Crippen molar-refractivity contribution in [1.29, 1.82) is 10.5 Å². The zero-order valence-electron chi connectivity index (χ0n) is 26.2. The number of hydrogen-bond donors (Lipinski definition) is 0. The summed E-state index contributed by atoms with van der Waals surface area (Å²) in [5, 5.41) is 22.0. The molecule has 2 atom stereocenters. The molecule has 1 aliphatic carbocycles. The Labute approximate surface area is 279 Å². The molecule has 0 radical (unpaired) electrons. The third kappa shape index (κ3) is 4.28. The van der Waals surface area contributed by atoms with Gasteiger partial charge in [-0.1, -0.05) is 84.9 Å². The largest absolute Gasteiger partial charge is 0.333 e. The minimum atomic E-state index is 0.280. The van der Waals surface area contributed by atoms with Gasteiger partial charge in [-0.05, 0) is 90.2 Å². The summed E-state index contributed by atoms with van der Waals surface area (Å²) in [4.78, 5) is 2.52. The van der Waals surface area contributed by atoms with Crippen molar-refractivity contribution in [2.24, 2.45) is 0 Å². The Morgan fingerprint density at radius 1 is 0.604 bits per heavy atom. The number of nitrogens with zero attached hydrogens (tertiary/aromatic N) is 4. The highest BCUT2D eigenvalue weighted by molar-refractivity contribution is 6.09. The standard InChI is InChI=1S/C44H30N4/c45-27-29-20-23-44-39(24-29)37-15-4-6-17-41(37)47(44)33-11-9-10-30(25-33)38-26-31(21-22-32(38)28-46)34-12-1-5-16-40(34)48-42-18-7-2-13-35(42)36-14-3-8-19-43(36)48/h1-2,4-13,15-26,36,43H,3,14H2/t36?,43-/m0/s1. The first-order valence-electron chi connectivity index (χ1n) is 16.5. The van der Waals surface area contributed by atoms with Gasteiger partial charge >= 0.3 is 0 Å². The number of allylic oxidation sites excluding steroid dienone is 1. The molecule has 2 aliphatic rings. The molecule has 0 fully saturated rings. The van der Waals surface area contributed by atoms with Crippen LogP contribution in [0.2, 0.25) is 0 Å². The number of fused-ring (bicyclic) bond motifs is 6. The van der Waals surface area contributed by atoms with Gasteiger partial charge in [0, 0.05) is 44.9 Å². The Morgan fingerprint density at radius 3 is 2.29 bits per heavy atom. The lowest BCUT2D eigenvalue weighted by atomic mass is 9.86. The lowest BCUT2D eigenvalue weighted by Crippen LogP contribution is -2.30. The molecule has 4 nitrogen and oxygen atoms in total. The fraction of sp³-hybridized carbons (Fsp3) is 0.0909. The third-order valence-corrected chi connectivity index (χ3v) is 10.1. The molecule has 1 aromatic heterocycles. The summed E-state index contributed by atoms with van der Waals surface area (Å²) in [6.45, 7) is 0. The highest BCUT2D eigenvalue weighted by Crippen LogP contribution is 2.51. The molecule has 4 heteroatoms. The SMILES string of the molecule is N#Cc1ccc2c(c1)c1ccccc1n2-c1cccc(-c2cc(-c3ccccc3N3c4ccccc4C4CCC=C[C@@H]43)ccc2C#N)c1. The van der Waals surface area contributed by atoms with E-state index in [1.807, 2.05) is 36.4 Å². The maximum atomic E-state index is 10.3. The number of nitriles is 2. The summed E-state index contributed by atoms with van der Waals surface area (Å²) < 4.78 is 2.25. The van der Waals surface area contributed by atoms with Crippen molar-refractivity contribution in [1.82, 2.24) is 4.57 Å². The molecule has 9 rings (SSSR count). The fourth-order valence-corrected chi connectivity index (χ4v) is 8.00. The average molecular weight is 615 g/mol. The van der Waals surface area contributed by atoms with Crippen molar-refractivity contribution >= 4 is 33.2 Å². The minimum Gasteiger partial charge on any atom is -0.333 e. The quantitative estimate of drug-likeness (QED) is 0.185. The topological polar surface area (TPSA) is 55.8 Å². The number of para-hydroxylation sites is 3. The van der Waals surface area contributed by atoms with Gasteiger partial charge in [0.25, 0.3) is 0 Å². The van der Waals surface area contributed by atoms with Crippen molar-refractivity contribution in [3.63, 3.8) is 0 Å². The average Bonchev–Trinajstić information content (AvgIpc) is 3.67. The Morgan fingerprint density at radius 2 is 1.40 bits per heavy atom. The first kappa shape index (κ1) is 27.9. The molecule has 0 amide bonds. The zero-order chi connectivity index (χ0) is 32.2. The van der Waals surface area contributed by atoms with E-state index >= 15 is 0 Å². The maximum Gasteiger partial charge on any atom is 0.0998 e. The number of rotatable bonds is 4. The zero-order valence-corrected chi connectivity index (χ0v) is 26.2. The van der Waals surface area contributed by atoms with Gasteiger partial charge in [-0.2, -0.15) is 10.5 Å². The summed E-state index contributed by atoms with van der Waals surface area (Å²) in [6, 6.07) is 51.4. The first-order valence-corrected chi connectivity index (χ1v) is 16.5. The molecule has 7 aromatic rings. The molecule has 1 aliphatic heterocycles. The van der Waals surface area contributed by atoms with Crippen molar-refractivity contribution in [3.8, 4) is 40.1 Å². The molecule has 48 heavy (non-hydrogen) atoms. The summed E-state index contributed by atoms with van der Waals surface area (Å²) in [5.74, 6) is 0.478. The molecule has 0 spiro atoms. The molecule has 6 aromatic carbocycles. The molecule has 0 bridgehead atoms. The second kappa shape index (κ2) is 11.2. The van der Waals surface area contributed by atoms with Crippen LogP contribution in [0.3, 0.4) is 0 Å². The van der Waals surface area contributed by atoms with E-state index in [-0.39, 0.29) is 6.04 Å². The smallest absolute Gasteiger partial charge is 0.0998 e. The maximum absolute atomic E-state index is 10.3. The lowest BCUT2D eigenvalue weighted by Gasteiger charge is -2.32. The van der Waals surface area contributed by atoms with Crippen molar-refractivity contribution < 1.29 is 0 Å². The van der Waals surface area contributed by atoms with Crippen molar-refractivity contribution in [3.05, 3.63) is 162 Å². The molecule has 226 valence electrons. The van der Waals surface area contributed by atoms with Crippen LogP contribution in [0.25, 0.3) is 49.7 Å². The van der Waals surface area contributed by atoms with Crippen LogP contribution >= 0.6 is 0 Å².